The molecule has 0 bridgehead atoms. The second kappa shape index (κ2) is 3.93. The van der Waals surface area contributed by atoms with Gasteiger partial charge in [-0.25, -0.2) is 4.79 Å². The van der Waals surface area contributed by atoms with Crippen LogP contribution in [0.5, 0.6) is 0 Å². The van der Waals surface area contributed by atoms with Crippen LogP contribution >= 0.6 is 10.5 Å². The lowest BCUT2D eigenvalue weighted by molar-refractivity contribution is -0.131. The highest BCUT2D eigenvalue weighted by molar-refractivity contribution is 8.20. The van der Waals surface area contributed by atoms with Gasteiger partial charge >= 0.3 is 5.97 Å². The molecule has 0 amide bonds. The van der Waals surface area contributed by atoms with Gasteiger partial charge in [0.15, 0.2) is 0 Å². The van der Waals surface area contributed by atoms with Crippen LogP contribution in [0.15, 0.2) is 35.1 Å². The van der Waals surface area contributed by atoms with Gasteiger partial charge in [0.1, 0.15) is 0 Å². The lowest BCUT2D eigenvalue weighted by atomic mass is 10.5. The fraction of sp³-hybridized carbons (Fsp3) is 0. The predicted molar refractivity (Wildman–Crippen MR) is 48.7 cm³/mol. The van der Waals surface area contributed by atoms with Gasteiger partial charge in [-0.15, -0.1) is 10.5 Å². The van der Waals surface area contributed by atoms with Crippen LogP contribution in [0.25, 0.3) is 0 Å². The molecule has 1 aliphatic rings. The molecule has 0 fully saturated rings. The highest BCUT2D eigenvalue weighted by Crippen LogP contribution is 2.20. The molecule has 0 saturated heterocycles. The molecule has 1 rings (SSSR count). The van der Waals surface area contributed by atoms with E-state index in [2.05, 4.69) is 0 Å². The predicted octanol–water partition coefficient (Wildman–Crippen LogP) is 1.74. The quantitative estimate of drug-likeness (QED) is 0.503. The molecule has 0 atom stereocenters. The molecule has 1 aliphatic heterocycles. The van der Waals surface area contributed by atoms with E-state index in [4.69, 9.17) is 5.11 Å². The number of allylic oxidation sites excluding steroid dienone is 3. The van der Waals surface area contributed by atoms with Crippen molar-refractivity contribution in [2.24, 2.45) is 0 Å². The van der Waals surface area contributed by atoms with E-state index in [0.717, 1.165) is 6.08 Å². The first-order valence-electron chi connectivity index (χ1n) is 3.09. The van der Waals surface area contributed by atoms with Crippen LogP contribution in [0.2, 0.25) is 0 Å². The number of rotatable bonds is 2. The molecule has 0 radical (unpaired) electrons. The third-order valence-corrected chi connectivity index (χ3v) is 2.47. The number of carboxylic acid groups (broad SMARTS) is 1. The zero-order chi connectivity index (χ0) is 8.10. The van der Waals surface area contributed by atoms with E-state index in [9.17, 15) is 4.79 Å². The Labute approximate surface area is 67.5 Å². The summed E-state index contributed by atoms with van der Waals surface area (Å²) in [6.07, 6.45) is 6.60. The van der Waals surface area contributed by atoms with Gasteiger partial charge in [-0.2, -0.15) is 0 Å². The van der Waals surface area contributed by atoms with Gasteiger partial charge in [0.2, 0.25) is 0 Å². The Morgan fingerprint density at radius 3 is 2.55 bits per heavy atom. The maximum Gasteiger partial charge on any atom is 0.328 e. The van der Waals surface area contributed by atoms with Gasteiger partial charge in [0.05, 0.1) is 0 Å². The first kappa shape index (κ1) is 8.01. The summed E-state index contributed by atoms with van der Waals surface area (Å²) < 4.78 is 0. The van der Waals surface area contributed by atoms with E-state index in [-0.39, 0.29) is 10.5 Å². The molecule has 0 spiro atoms. The summed E-state index contributed by atoms with van der Waals surface area (Å²) in [5.41, 5.74) is 0. The number of aliphatic carboxylic acids is 1. The smallest absolute Gasteiger partial charge is 0.328 e. The Hall–Kier alpha value is -1.09. The Morgan fingerprint density at radius 1 is 1.36 bits per heavy atom. The first-order valence-corrected chi connectivity index (χ1v) is 4.50. The van der Waals surface area contributed by atoms with E-state index in [1.807, 2.05) is 28.3 Å². The van der Waals surface area contributed by atoms with Crippen LogP contribution in [-0.4, -0.2) is 16.4 Å². The summed E-state index contributed by atoms with van der Waals surface area (Å²) in [5, 5.41) is 14.1. The largest absolute Gasteiger partial charge is 0.478 e. The molecule has 3 heteroatoms. The van der Waals surface area contributed by atoms with Gasteiger partial charge in [-0.1, -0.05) is 12.2 Å². The van der Waals surface area contributed by atoms with Gasteiger partial charge in [0, 0.05) is 6.08 Å². The van der Waals surface area contributed by atoms with Crippen LogP contribution in [0.4, 0.5) is 0 Å². The Morgan fingerprint density at radius 2 is 2.00 bits per heavy atom. The zero-order valence-corrected chi connectivity index (χ0v) is 6.62. The fourth-order valence-corrected chi connectivity index (χ4v) is 1.70. The molecule has 2 nitrogen and oxygen atoms in total. The average molecular weight is 168 g/mol. The summed E-state index contributed by atoms with van der Waals surface area (Å²) in [4.78, 5) is 10.0. The minimum absolute atomic E-state index is 0.0200. The van der Waals surface area contributed by atoms with E-state index < -0.39 is 5.97 Å². The van der Waals surface area contributed by atoms with Crippen molar-refractivity contribution in [3.63, 3.8) is 0 Å². The Bertz CT molecular complexity index is 258. The standard InChI is InChI=1S/C8H8O2S/c9-8(10)4-3-7-11-5-1-2-6-11/h1-7H,(H,9,10). The lowest BCUT2D eigenvalue weighted by Crippen LogP contribution is -1.85. The molecule has 0 saturated carbocycles. The van der Waals surface area contributed by atoms with Gasteiger partial charge in [-0.3, -0.25) is 0 Å². The number of carboxylic acids is 1. The summed E-state index contributed by atoms with van der Waals surface area (Å²) in [6.45, 7) is 0. The highest BCUT2D eigenvalue weighted by atomic mass is 32.2. The molecule has 11 heavy (non-hydrogen) atoms. The van der Waals surface area contributed by atoms with Crippen molar-refractivity contribution in [1.82, 2.24) is 0 Å². The molecule has 0 unspecified atom stereocenters. The average Bonchev–Trinajstić information content (AvgIpc) is 2.39. The maximum atomic E-state index is 10.0. The second-order valence-electron chi connectivity index (χ2n) is 1.90. The maximum absolute atomic E-state index is 10.0. The monoisotopic (exact) mass is 168 g/mol. The summed E-state index contributed by atoms with van der Waals surface area (Å²) in [6, 6.07) is 0. The van der Waals surface area contributed by atoms with Gasteiger partial charge in [0.25, 0.3) is 0 Å². The molecule has 0 aromatic heterocycles. The van der Waals surface area contributed by atoms with Crippen molar-refractivity contribution >= 4 is 21.8 Å². The summed E-state index contributed by atoms with van der Waals surface area (Å²) in [5.74, 6) is -0.906. The van der Waals surface area contributed by atoms with Crippen LogP contribution in [0.3, 0.4) is 0 Å². The van der Waals surface area contributed by atoms with Crippen molar-refractivity contribution in [3.8, 4) is 0 Å². The van der Waals surface area contributed by atoms with Crippen LogP contribution in [-0.2, 0) is 4.79 Å². The fourth-order valence-electron chi connectivity index (χ4n) is 0.621. The van der Waals surface area contributed by atoms with Crippen LogP contribution < -0.4 is 0 Å². The molecule has 58 valence electrons. The third kappa shape index (κ3) is 3.00. The molecule has 0 aromatic carbocycles. The normalized spacial score (nSPS) is 16.4. The molecule has 0 aliphatic carbocycles. The molecular formula is C8H8O2S. The first-order chi connectivity index (χ1) is 5.29. The topological polar surface area (TPSA) is 37.3 Å². The van der Waals surface area contributed by atoms with Crippen LogP contribution in [0.1, 0.15) is 0 Å². The number of hydrogen-bond donors (Lipinski definition) is 1. The van der Waals surface area contributed by atoms with E-state index in [0.29, 0.717) is 0 Å². The molecular weight excluding hydrogens is 160 g/mol. The van der Waals surface area contributed by atoms with E-state index >= 15 is 0 Å². The van der Waals surface area contributed by atoms with Crippen molar-refractivity contribution < 1.29 is 9.90 Å². The second-order valence-corrected chi connectivity index (χ2v) is 3.53. The third-order valence-electron chi connectivity index (χ3n) is 1.06. The van der Waals surface area contributed by atoms with E-state index in [1.54, 1.807) is 6.08 Å². The lowest BCUT2D eigenvalue weighted by Gasteiger charge is -1.84. The van der Waals surface area contributed by atoms with Gasteiger partial charge in [-0.05, 0) is 22.3 Å². The molecule has 1 heterocycles. The summed E-state index contributed by atoms with van der Waals surface area (Å²) in [7, 11) is 0.0200. The van der Waals surface area contributed by atoms with Crippen molar-refractivity contribution in [1.29, 1.82) is 0 Å². The Balaban J connectivity index is 2.54. The van der Waals surface area contributed by atoms with Crippen molar-refractivity contribution in [2.75, 3.05) is 0 Å². The van der Waals surface area contributed by atoms with E-state index in [1.165, 1.54) is 0 Å². The number of carbonyl (C=O) groups is 1. The minimum atomic E-state index is -0.906. The Kier molecular flexibility index (Phi) is 2.86. The molecule has 0 aromatic rings. The van der Waals surface area contributed by atoms with Crippen molar-refractivity contribution in [3.05, 3.63) is 35.1 Å². The minimum Gasteiger partial charge on any atom is -0.478 e. The van der Waals surface area contributed by atoms with Gasteiger partial charge < -0.3 is 5.11 Å². The zero-order valence-electron chi connectivity index (χ0n) is 5.81. The van der Waals surface area contributed by atoms with Crippen LogP contribution in [0, 0.1) is 0 Å². The van der Waals surface area contributed by atoms with Crippen molar-refractivity contribution in [2.45, 2.75) is 0 Å². The highest BCUT2D eigenvalue weighted by Gasteiger charge is 1.86. The number of hydrogen-bond acceptors (Lipinski definition) is 1. The molecule has 1 N–H and O–H groups in total. The summed E-state index contributed by atoms with van der Waals surface area (Å²) >= 11 is 0. The SMILES string of the molecule is O=C(O)C=CC=S1C=CC=C1.